The molecule has 1 atom stereocenters. The first-order chi connectivity index (χ1) is 11.0. The minimum atomic E-state index is -0.942. The molecule has 0 aliphatic rings. The second-order valence-electron chi connectivity index (χ2n) is 5.71. The van der Waals surface area contributed by atoms with Gasteiger partial charge in [0.1, 0.15) is 11.6 Å². The fraction of sp³-hybridized carbons (Fsp3) is 0.316. The normalized spacial score (nSPS) is 12.0. The van der Waals surface area contributed by atoms with Crippen LogP contribution in [-0.4, -0.2) is 17.7 Å². The number of benzene rings is 2. The van der Waals surface area contributed by atoms with Crippen molar-refractivity contribution in [3.63, 3.8) is 0 Å². The molecule has 0 fully saturated rings. The Morgan fingerprint density at radius 1 is 1.22 bits per heavy atom. The molecule has 1 unspecified atom stereocenters. The highest BCUT2D eigenvalue weighted by Crippen LogP contribution is 2.23. The summed E-state index contributed by atoms with van der Waals surface area (Å²) in [5.74, 6) is -1.26. The van der Waals surface area contributed by atoms with E-state index < -0.39 is 17.7 Å². The van der Waals surface area contributed by atoms with Crippen molar-refractivity contribution in [2.75, 3.05) is 6.61 Å². The van der Waals surface area contributed by atoms with Crippen LogP contribution in [0.5, 0.6) is 5.75 Å². The quantitative estimate of drug-likeness (QED) is 0.767. The van der Waals surface area contributed by atoms with Gasteiger partial charge >= 0.3 is 5.97 Å². The molecule has 122 valence electrons. The van der Waals surface area contributed by atoms with Gasteiger partial charge in [-0.25, -0.2) is 4.39 Å². The van der Waals surface area contributed by atoms with Crippen molar-refractivity contribution < 1.29 is 19.0 Å². The molecule has 0 aromatic heterocycles. The van der Waals surface area contributed by atoms with E-state index in [9.17, 15) is 14.3 Å². The van der Waals surface area contributed by atoms with E-state index in [0.29, 0.717) is 25.0 Å². The predicted octanol–water partition coefficient (Wildman–Crippen LogP) is 4.47. The van der Waals surface area contributed by atoms with E-state index in [2.05, 4.69) is 0 Å². The molecule has 23 heavy (non-hydrogen) atoms. The lowest BCUT2D eigenvalue weighted by atomic mass is 9.94. The zero-order valence-electron chi connectivity index (χ0n) is 13.4. The van der Waals surface area contributed by atoms with Gasteiger partial charge in [0, 0.05) is 0 Å². The molecular formula is C19H21FO3. The molecule has 1 N–H and O–H groups in total. The largest absolute Gasteiger partial charge is 0.493 e. The van der Waals surface area contributed by atoms with Gasteiger partial charge in [-0.05, 0) is 56.0 Å². The van der Waals surface area contributed by atoms with Crippen LogP contribution in [0.4, 0.5) is 4.39 Å². The predicted molar refractivity (Wildman–Crippen MR) is 87.4 cm³/mol. The highest BCUT2D eigenvalue weighted by molar-refractivity contribution is 5.76. The summed E-state index contributed by atoms with van der Waals surface area (Å²) >= 11 is 0. The smallest absolute Gasteiger partial charge is 0.310 e. The minimum Gasteiger partial charge on any atom is -0.493 e. The number of carboxylic acids is 1. The van der Waals surface area contributed by atoms with E-state index in [1.165, 1.54) is 23.8 Å². The molecule has 4 heteroatoms. The second kappa shape index (κ2) is 7.77. The monoisotopic (exact) mass is 316 g/mol. The molecule has 3 nitrogen and oxygen atoms in total. The number of ether oxygens (including phenoxy) is 1. The van der Waals surface area contributed by atoms with E-state index in [4.69, 9.17) is 4.74 Å². The van der Waals surface area contributed by atoms with Gasteiger partial charge in [-0.1, -0.05) is 29.8 Å². The van der Waals surface area contributed by atoms with Crippen LogP contribution in [0.2, 0.25) is 0 Å². The minimum absolute atomic E-state index is 0.406. The molecule has 0 spiro atoms. The molecule has 0 amide bonds. The summed E-state index contributed by atoms with van der Waals surface area (Å²) in [6.45, 7) is 4.44. The van der Waals surface area contributed by atoms with Gasteiger partial charge in [0.15, 0.2) is 0 Å². The van der Waals surface area contributed by atoms with Crippen LogP contribution in [0.25, 0.3) is 0 Å². The first-order valence-corrected chi connectivity index (χ1v) is 7.65. The van der Waals surface area contributed by atoms with Crippen molar-refractivity contribution >= 4 is 5.97 Å². The fourth-order valence-corrected chi connectivity index (χ4v) is 2.59. The lowest BCUT2D eigenvalue weighted by molar-refractivity contribution is -0.139. The van der Waals surface area contributed by atoms with Gasteiger partial charge in [-0.3, -0.25) is 4.79 Å². The molecule has 0 aliphatic carbocycles. The third-order valence-electron chi connectivity index (χ3n) is 3.77. The average molecular weight is 316 g/mol. The molecule has 0 heterocycles. The number of hydrogen-bond acceptors (Lipinski definition) is 2. The van der Waals surface area contributed by atoms with E-state index >= 15 is 0 Å². The molecule has 2 aromatic rings. The highest BCUT2D eigenvalue weighted by Gasteiger charge is 2.19. The van der Waals surface area contributed by atoms with Crippen LogP contribution in [-0.2, 0) is 4.79 Å². The summed E-state index contributed by atoms with van der Waals surface area (Å²) in [7, 11) is 0. The molecule has 0 aliphatic heterocycles. The van der Waals surface area contributed by atoms with E-state index in [0.717, 1.165) is 11.3 Å². The molecule has 0 bridgehead atoms. The summed E-state index contributed by atoms with van der Waals surface area (Å²) in [6, 6.07) is 11.7. The van der Waals surface area contributed by atoms with Crippen LogP contribution in [0.15, 0.2) is 42.5 Å². The Kier molecular flexibility index (Phi) is 5.74. The molecule has 2 rings (SSSR count). The number of aliphatic carboxylic acids is 1. The number of carbonyl (C=O) groups is 1. The Bertz CT molecular complexity index is 682. The van der Waals surface area contributed by atoms with E-state index in [-0.39, 0.29) is 0 Å². The highest BCUT2D eigenvalue weighted by atomic mass is 19.1. The molecular weight excluding hydrogens is 295 g/mol. The molecule has 0 saturated heterocycles. The van der Waals surface area contributed by atoms with E-state index in [1.54, 1.807) is 6.07 Å². The molecule has 0 radical (unpaired) electrons. The number of rotatable bonds is 7. The van der Waals surface area contributed by atoms with E-state index in [1.807, 2.05) is 32.0 Å². The summed E-state index contributed by atoms with van der Waals surface area (Å²) in [5, 5.41) is 9.35. The van der Waals surface area contributed by atoms with Crippen molar-refractivity contribution in [2.45, 2.75) is 32.6 Å². The van der Waals surface area contributed by atoms with Gasteiger partial charge in [-0.15, -0.1) is 0 Å². The lowest BCUT2D eigenvalue weighted by Gasteiger charge is -2.14. The number of hydrogen-bond donors (Lipinski definition) is 1. The third kappa shape index (κ3) is 4.81. The Morgan fingerprint density at radius 3 is 2.65 bits per heavy atom. The van der Waals surface area contributed by atoms with Crippen LogP contribution in [0, 0.1) is 19.7 Å². The van der Waals surface area contributed by atoms with Gasteiger partial charge in [0.05, 0.1) is 12.5 Å². The van der Waals surface area contributed by atoms with Crippen molar-refractivity contribution in [1.29, 1.82) is 0 Å². The standard InChI is InChI=1S/C19H21FO3/c1-13-8-9-18(14(2)11-13)23-10-4-7-17(19(21)22)15-5-3-6-16(20)12-15/h3,5-6,8-9,11-12,17H,4,7,10H2,1-2H3,(H,21,22). The molecule has 0 saturated carbocycles. The topological polar surface area (TPSA) is 46.5 Å². The number of carboxylic acid groups (broad SMARTS) is 1. The summed E-state index contributed by atoms with van der Waals surface area (Å²) < 4.78 is 19.0. The second-order valence-corrected chi connectivity index (χ2v) is 5.71. The van der Waals surface area contributed by atoms with Crippen LogP contribution >= 0.6 is 0 Å². The van der Waals surface area contributed by atoms with Crippen LogP contribution < -0.4 is 4.74 Å². The SMILES string of the molecule is Cc1ccc(OCCCC(C(=O)O)c2cccc(F)c2)c(C)c1. The molecule has 2 aromatic carbocycles. The Labute approximate surface area is 135 Å². The first kappa shape index (κ1) is 17.0. The summed E-state index contributed by atoms with van der Waals surface area (Å²) in [4.78, 5) is 11.4. The maximum Gasteiger partial charge on any atom is 0.310 e. The Balaban J connectivity index is 1.91. The summed E-state index contributed by atoms with van der Waals surface area (Å²) in [6.07, 6.45) is 0.991. The van der Waals surface area contributed by atoms with Crippen molar-refractivity contribution in [3.8, 4) is 5.75 Å². The van der Waals surface area contributed by atoms with Gasteiger partial charge in [-0.2, -0.15) is 0 Å². The number of halogens is 1. The average Bonchev–Trinajstić information content (AvgIpc) is 2.48. The Hall–Kier alpha value is -2.36. The maximum absolute atomic E-state index is 13.3. The van der Waals surface area contributed by atoms with Crippen molar-refractivity contribution in [1.82, 2.24) is 0 Å². The van der Waals surface area contributed by atoms with Gasteiger partial charge in [0.25, 0.3) is 0 Å². The zero-order chi connectivity index (χ0) is 16.8. The first-order valence-electron chi connectivity index (χ1n) is 7.65. The number of aryl methyl sites for hydroxylation is 2. The third-order valence-corrected chi connectivity index (χ3v) is 3.77. The van der Waals surface area contributed by atoms with Crippen molar-refractivity contribution in [3.05, 3.63) is 65.0 Å². The Morgan fingerprint density at radius 2 is 2.00 bits per heavy atom. The van der Waals surface area contributed by atoms with Crippen LogP contribution in [0.1, 0.15) is 35.4 Å². The zero-order valence-corrected chi connectivity index (χ0v) is 13.4. The maximum atomic E-state index is 13.3. The fourth-order valence-electron chi connectivity index (χ4n) is 2.59. The van der Waals surface area contributed by atoms with Gasteiger partial charge < -0.3 is 9.84 Å². The van der Waals surface area contributed by atoms with Gasteiger partial charge in [0.2, 0.25) is 0 Å². The lowest BCUT2D eigenvalue weighted by Crippen LogP contribution is -2.13. The van der Waals surface area contributed by atoms with Crippen LogP contribution in [0.3, 0.4) is 0 Å². The summed E-state index contributed by atoms with van der Waals surface area (Å²) in [5.41, 5.74) is 2.72. The van der Waals surface area contributed by atoms with Crippen molar-refractivity contribution in [2.24, 2.45) is 0 Å².